The van der Waals surface area contributed by atoms with Crippen molar-refractivity contribution in [1.82, 2.24) is 19.8 Å². The first-order valence-electron chi connectivity index (χ1n) is 7.33. The minimum Gasteiger partial charge on any atom is -0.332 e. The Bertz CT molecular complexity index is 596. The molecule has 0 radical (unpaired) electrons. The van der Waals surface area contributed by atoms with Crippen molar-refractivity contribution in [1.29, 1.82) is 0 Å². The molecule has 116 valence electrons. The summed E-state index contributed by atoms with van der Waals surface area (Å²) in [5, 5.41) is 0. The number of nitrogens with zero attached hydrogens (tertiary/aromatic N) is 4. The molecule has 0 N–H and O–H groups in total. The summed E-state index contributed by atoms with van der Waals surface area (Å²) in [4.78, 5) is 24.9. The van der Waals surface area contributed by atoms with Crippen LogP contribution in [-0.4, -0.2) is 52.9 Å². The number of benzene rings is 1. The van der Waals surface area contributed by atoms with E-state index < -0.39 is 0 Å². The van der Waals surface area contributed by atoms with Gasteiger partial charge in [0.25, 0.3) is 5.91 Å². The van der Waals surface area contributed by atoms with Crippen molar-refractivity contribution < 1.29 is 4.79 Å². The van der Waals surface area contributed by atoms with Crippen LogP contribution in [0.2, 0.25) is 0 Å². The molecule has 22 heavy (non-hydrogen) atoms. The Morgan fingerprint density at radius 3 is 2.36 bits per heavy atom. The molecule has 1 aromatic carbocycles. The topological polar surface area (TPSA) is 49.3 Å². The summed E-state index contributed by atoms with van der Waals surface area (Å²) in [5.74, 6) is -0.0850. The number of amides is 1. The molecule has 5 nitrogen and oxygen atoms in total. The molecular weight excluding hydrogens is 276 g/mol. The molecule has 1 heterocycles. The summed E-state index contributed by atoms with van der Waals surface area (Å²) in [6.45, 7) is 3.88. The Kier molecular flexibility index (Phi) is 5.61. The lowest BCUT2D eigenvalue weighted by molar-refractivity contribution is 0.0725. The Morgan fingerprint density at radius 2 is 1.77 bits per heavy atom. The normalized spacial score (nSPS) is 10.7. The number of rotatable bonds is 6. The maximum absolute atomic E-state index is 12.7. The second kappa shape index (κ2) is 7.66. The summed E-state index contributed by atoms with van der Waals surface area (Å²) < 4.78 is 0. The summed E-state index contributed by atoms with van der Waals surface area (Å²) >= 11 is 0. The van der Waals surface area contributed by atoms with Crippen molar-refractivity contribution in [3.8, 4) is 0 Å². The fourth-order valence-electron chi connectivity index (χ4n) is 2.04. The van der Waals surface area contributed by atoms with Gasteiger partial charge in [-0.25, -0.2) is 4.98 Å². The van der Waals surface area contributed by atoms with E-state index in [1.807, 2.05) is 56.3 Å². The first-order valence-corrected chi connectivity index (χ1v) is 7.33. The van der Waals surface area contributed by atoms with Crippen molar-refractivity contribution >= 4 is 5.91 Å². The summed E-state index contributed by atoms with van der Waals surface area (Å²) in [6, 6.07) is 9.99. The maximum Gasteiger partial charge on any atom is 0.274 e. The third-order valence-corrected chi connectivity index (χ3v) is 3.32. The molecular formula is C17H22N4O. The number of likely N-dealkylation sites (N-methyl/N-ethyl adjacent to an activating group) is 1. The van der Waals surface area contributed by atoms with Crippen molar-refractivity contribution in [3.05, 3.63) is 59.7 Å². The van der Waals surface area contributed by atoms with Gasteiger partial charge in [0.2, 0.25) is 0 Å². The number of carbonyl (C=O) groups excluding carboxylic acids is 1. The molecule has 0 atom stereocenters. The fourth-order valence-corrected chi connectivity index (χ4v) is 2.04. The standard InChI is InChI=1S/C17H22N4O/c1-14-11-19-16(12-18-14)17(22)21(10-9-20(2)3)13-15-7-5-4-6-8-15/h4-8,11-12H,9-10,13H2,1-3H3. The Balaban J connectivity index is 2.15. The average molecular weight is 298 g/mol. The van der Waals surface area contributed by atoms with Crippen LogP contribution < -0.4 is 0 Å². The average Bonchev–Trinajstić information content (AvgIpc) is 2.52. The predicted molar refractivity (Wildman–Crippen MR) is 86.5 cm³/mol. The van der Waals surface area contributed by atoms with Gasteiger partial charge in [-0.05, 0) is 26.6 Å². The zero-order valence-electron chi connectivity index (χ0n) is 13.4. The van der Waals surface area contributed by atoms with E-state index in [9.17, 15) is 4.79 Å². The SMILES string of the molecule is Cc1cnc(C(=O)N(CCN(C)C)Cc2ccccc2)cn1. The molecule has 0 aliphatic heterocycles. The number of hydrogen-bond acceptors (Lipinski definition) is 4. The van der Waals surface area contributed by atoms with Crippen LogP contribution in [0.5, 0.6) is 0 Å². The molecule has 1 amide bonds. The largest absolute Gasteiger partial charge is 0.332 e. The summed E-state index contributed by atoms with van der Waals surface area (Å²) in [5.41, 5.74) is 2.30. The van der Waals surface area contributed by atoms with Crippen LogP contribution in [0.4, 0.5) is 0 Å². The van der Waals surface area contributed by atoms with Gasteiger partial charge < -0.3 is 9.80 Å². The van der Waals surface area contributed by atoms with Gasteiger partial charge in [0.05, 0.1) is 11.9 Å². The lowest BCUT2D eigenvalue weighted by Crippen LogP contribution is -2.36. The monoisotopic (exact) mass is 298 g/mol. The highest BCUT2D eigenvalue weighted by Gasteiger charge is 2.17. The van der Waals surface area contributed by atoms with Crippen LogP contribution >= 0.6 is 0 Å². The molecule has 1 aromatic heterocycles. The van der Waals surface area contributed by atoms with Crippen molar-refractivity contribution in [3.63, 3.8) is 0 Å². The molecule has 0 saturated carbocycles. The Morgan fingerprint density at radius 1 is 1.05 bits per heavy atom. The van der Waals surface area contributed by atoms with E-state index in [2.05, 4.69) is 14.9 Å². The molecule has 0 saturated heterocycles. The highest BCUT2D eigenvalue weighted by molar-refractivity contribution is 5.92. The minimum absolute atomic E-state index is 0.0850. The minimum atomic E-state index is -0.0850. The van der Waals surface area contributed by atoms with Crippen LogP contribution in [0, 0.1) is 6.92 Å². The zero-order chi connectivity index (χ0) is 15.9. The molecule has 0 aliphatic carbocycles. The van der Waals surface area contributed by atoms with Gasteiger partial charge >= 0.3 is 0 Å². The van der Waals surface area contributed by atoms with E-state index >= 15 is 0 Å². The second-order valence-electron chi connectivity index (χ2n) is 5.56. The van der Waals surface area contributed by atoms with Crippen molar-refractivity contribution in [2.24, 2.45) is 0 Å². The lowest BCUT2D eigenvalue weighted by atomic mass is 10.2. The van der Waals surface area contributed by atoms with Gasteiger partial charge in [-0.1, -0.05) is 30.3 Å². The second-order valence-corrected chi connectivity index (χ2v) is 5.56. The van der Waals surface area contributed by atoms with Crippen molar-refractivity contribution in [2.45, 2.75) is 13.5 Å². The third-order valence-electron chi connectivity index (χ3n) is 3.32. The highest BCUT2D eigenvalue weighted by atomic mass is 16.2. The molecule has 5 heteroatoms. The Labute approximate surface area is 131 Å². The van der Waals surface area contributed by atoms with Gasteiger partial charge in [-0.2, -0.15) is 0 Å². The molecule has 0 spiro atoms. The molecule has 0 fully saturated rings. The van der Waals surface area contributed by atoms with Gasteiger partial charge in [-0.3, -0.25) is 9.78 Å². The van der Waals surface area contributed by atoms with Crippen molar-refractivity contribution in [2.75, 3.05) is 27.2 Å². The maximum atomic E-state index is 12.7. The first-order chi connectivity index (χ1) is 10.6. The summed E-state index contributed by atoms with van der Waals surface area (Å²) in [6.07, 6.45) is 3.17. The van der Waals surface area contributed by atoms with E-state index in [1.165, 1.54) is 0 Å². The summed E-state index contributed by atoms with van der Waals surface area (Å²) in [7, 11) is 3.99. The number of aromatic nitrogens is 2. The smallest absolute Gasteiger partial charge is 0.274 e. The highest BCUT2D eigenvalue weighted by Crippen LogP contribution is 2.08. The molecule has 0 bridgehead atoms. The van der Waals surface area contributed by atoms with Gasteiger partial charge in [0.15, 0.2) is 0 Å². The van der Waals surface area contributed by atoms with E-state index in [1.54, 1.807) is 12.4 Å². The van der Waals surface area contributed by atoms with Gasteiger partial charge in [0, 0.05) is 25.8 Å². The quantitative estimate of drug-likeness (QED) is 0.818. The van der Waals surface area contributed by atoms with E-state index in [0.717, 1.165) is 17.8 Å². The van der Waals surface area contributed by atoms with Crippen LogP contribution in [0.15, 0.2) is 42.7 Å². The number of hydrogen-bond donors (Lipinski definition) is 0. The molecule has 2 aromatic rings. The van der Waals surface area contributed by atoms with E-state index in [0.29, 0.717) is 18.8 Å². The predicted octanol–water partition coefficient (Wildman–Crippen LogP) is 1.99. The molecule has 0 unspecified atom stereocenters. The van der Waals surface area contributed by atoms with Crippen LogP contribution in [0.25, 0.3) is 0 Å². The lowest BCUT2D eigenvalue weighted by Gasteiger charge is -2.24. The first kappa shape index (κ1) is 16.1. The molecule has 0 aliphatic rings. The van der Waals surface area contributed by atoms with E-state index in [-0.39, 0.29) is 5.91 Å². The number of aryl methyl sites for hydroxylation is 1. The molecule has 2 rings (SSSR count). The number of carbonyl (C=O) groups is 1. The third kappa shape index (κ3) is 4.63. The van der Waals surface area contributed by atoms with Gasteiger partial charge in [0.1, 0.15) is 5.69 Å². The van der Waals surface area contributed by atoms with Crippen LogP contribution in [0.1, 0.15) is 21.7 Å². The Hall–Kier alpha value is -2.27. The van der Waals surface area contributed by atoms with Crippen LogP contribution in [-0.2, 0) is 6.54 Å². The zero-order valence-corrected chi connectivity index (χ0v) is 13.4. The van der Waals surface area contributed by atoms with Gasteiger partial charge in [-0.15, -0.1) is 0 Å². The van der Waals surface area contributed by atoms with E-state index in [4.69, 9.17) is 0 Å². The fraction of sp³-hybridized carbons (Fsp3) is 0.353. The van der Waals surface area contributed by atoms with Crippen LogP contribution in [0.3, 0.4) is 0 Å².